The fraction of sp³-hybridized carbons (Fsp3) is 0.600. The van der Waals surface area contributed by atoms with Gasteiger partial charge in [-0.15, -0.1) is 0 Å². The van der Waals surface area contributed by atoms with Crippen LogP contribution in [0, 0.1) is 18.6 Å². The van der Waals surface area contributed by atoms with E-state index in [0.717, 1.165) is 12.8 Å². The lowest BCUT2D eigenvalue weighted by Crippen LogP contribution is -2.23. The number of rotatable bonds is 8. The van der Waals surface area contributed by atoms with E-state index in [1.807, 2.05) is 13.8 Å². The van der Waals surface area contributed by atoms with Crippen LogP contribution in [0.4, 0.5) is 8.78 Å². The van der Waals surface area contributed by atoms with E-state index < -0.39 is 11.6 Å². The van der Waals surface area contributed by atoms with Crippen LogP contribution in [-0.2, 0) is 4.74 Å². The molecular weight excluding hydrogens is 248 g/mol. The third-order valence-electron chi connectivity index (χ3n) is 3.12. The van der Waals surface area contributed by atoms with Crippen LogP contribution < -0.4 is 5.32 Å². The van der Waals surface area contributed by atoms with Crippen LogP contribution in [0.25, 0.3) is 0 Å². The molecule has 0 saturated heterocycles. The van der Waals surface area contributed by atoms with Crippen molar-refractivity contribution in [2.75, 3.05) is 19.8 Å². The van der Waals surface area contributed by atoms with E-state index in [4.69, 9.17) is 4.74 Å². The molecule has 0 amide bonds. The molecule has 2 nitrogen and oxygen atoms in total. The molecule has 0 aliphatic carbocycles. The van der Waals surface area contributed by atoms with Crippen molar-refractivity contribution in [3.8, 4) is 0 Å². The maximum absolute atomic E-state index is 14.0. The van der Waals surface area contributed by atoms with E-state index in [0.29, 0.717) is 30.9 Å². The SMILES string of the molecule is CCNC(CCCOCC)c1ccc(C)c(F)c1F. The van der Waals surface area contributed by atoms with Crippen molar-refractivity contribution < 1.29 is 13.5 Å². The third kappa shape index (κ3) is 4.55. The summed E-state index contributed by atoms with van der Waals surface area (Å²) in [5.41, 5.74) is 0.743. The predicted octanol–water partition coefficient (Wildman–Crippen LogP) is 3.74. The molecule has 0 fully saturated rings. The van der Waals surface area contributed by atoms with Crippen molar-refractivity contribution in [2.45, 2.75) is 39.7 Å². The van der Waals surface area contributed by atoms with Crippen LogP contribution >= 0.6 is 0 Å². The van der Waals surface area contributed by atoms with E-state index in [9.17, 15) is 8.78 Å². The zero-order valence-electron chi connectivity index (χ0n) is 11.9. The van der Waals surface area contributed by atoms with Crippen LogP contribution in [0.3, 0.4) is 0 Å². The van der Waals surface area contributed by atoms with Crippen LogP contribution in [0.5, 0.6) is 0 Å². The lowest BCUT2D eigenvalue weighted by atomic mass is 9.99. The minimum atomic E-state index is -0.745. The molecule has 1 aromatic rings. The van der Waals surface area contributed by atoms with E-state index >= 15 is 0 Å². The Balaban J connectivity index is 2.78. The number of nitrogens with one attached hydrogen (secondary N) is 1. The van der Waals surface area contributed by atoms with E-state index in [1.54, 1.807) is 19.1 Å². The molecule has 1 unspecified atom stereocenters. The first kappa shape index (κ1) is 16.1. The molecule has 0 saturated carbocycles. The third-order valence-corrected chi connectivity index (χ3v) is 3.12. The molecule has 0 aliphatic rings. The highest BCUT2D eigenvalue weighted by atomic mass is 19.2. The lowest BCUT2D eigenvalue weighted by molar-refractivity contribution is 0.140. The fourth-order valence-corrected chi connectivity index (χ4v) is 2.08. The number of aryl methyl sites for hydroxylation is 1. The molecule has 108 valence electrons. The standard InChI is InChI=1S/C15H23F2NO/c1-4-18-13(7-6-10-19-5-2)12-9-8-11(3)14(16)15(12)17/h8-9,13,18H,4-7,10H2,1-3H3. The minimum Gasteiger partial charge on any atom is -0.382 e. The summed E-state index contributed by atoms with van der Waals surface area (Å²) in [5.74, 6) is -1.48. The van der Waals surface area contributed by atoms with Crippen LogP contribution in [0.1, 0.15) is 43.9 Å². The Morgan fingerprint density at radius 2 is 1.95 bits per heavy atom. The van der Waals surface area contributed by atoms with E-state index in [-0.39, 0.29) is 6.04 Å². The molecule has 4 heteroatoms. The topological polar surface area (TPSA) is 21.3 Å². The maximum Gasteiger partial charge on any atom is 0.163 e. The first-order valence-electron chi connectivity index (χ1n) is 6.87. The lowest BCUT2D eigenvalue weighted by Gasteiger charge is -2.19. The fourth-order valence-electron chi connectivity index (χ4n) is 2.08. The number of ether oxygens (including phenoxy) is 1. The predicted molar refractivity (Wildman–Crippen MR) is 73.2 cm³/mol. The Bertz CT molecular complexity index is 396. The highest BCUT2D eigenvalue weighted by Crippen LogP contribution is 2.25. The summed E-state index contributed by atoms with van der Waals surface area (Å²) < 4.78 is 32.8. The molecule has 0 radical (unpaired) electrons. The van der Waals surface area contributed by atoms with E-state index in [2.05, 4.69) is 5.32 Å². The number of benzene rings is 1. The van der Waals surface area contributed by atoms with Gasteiger partial charge in [-0.05, 0) is 38.8 Å². The average molecular weight is 271 g/mol. The number of halogens is 2. The van der Waals surface area contributed by atoms with Gasteiger partial charge in [0.15, 0.2) is 11.6 Å². The van der Waals surface area contributed by atoms with Gasteiger partial charge >= 0.3 is 0 Å². The molecule has 0 spiro atoms. The summed E-state index contributed by atoms with van der Waals surface area (Å²) in [7, 11) is 0. The van der Waals surface area contributed by atoms with Crippen molar-refractivity contribution in [3.05, 3.63) is 34.9 Å². The monoisotopic (exact) mass is 271 g/mol. The first-order chi connectivity index (χ1) is 9.11. The second-order valence-electron chi connectivity index (χ2n) is 4.55. The largest absolute Gasteiger partial charge is 0.382 e. The van der Waals surface area contributed by atoms with Gasteiger partial charge in [0.2, 0.25) is 0 Å². The smallest absolute Gasteiger partial charge is 0.163 e. The van der Waals surface area contributed by atoms with Gasteiger partial charge in [-0.1, -0.05) is 19.1 Å². The van der Waals surface area contributed by atoms with Crippen molar-refractivity contribution in [2.24, 2.45) is 0 Å². The summed E-state index contributed by atoms with van der Waals surface area (Å²) in [6.07, 6.45) is 1.55. The van der Waals surface area contributed by atoms with E-state index in [1.165, 1.54) is 0 Å². The maximum atomic E-state index is 14.0. The van der Waals surface area contributed by atoms with Gasteiger partial charge in [0, 0.05) is 24.8 Å². The molecule has 0 bridgehead atoms. The summed E-state index contributed by atoms with van der Waals surface area (Å²) >= 11 is 0. The molecular formula is C15H23F2NO. The normalized spacial score (nSPS) is 12.7. The van der Waals surface area contributed by atoms with Crippen LogP contribution in [0.15, 0.2) is 12.1 Å². The Kier molecular flexibility index (Phi) is 6.95. The molecule has 1 N–H and O–H groups in total. The zero-order chi connectivity index (χ0) is 14.3. The van der Waals surface area contributed by atoms with Gasteiger partial charge in [0.1, 0.15) is 0 Å². The zero-order valence-corrected chi connectivity index (χ0v) is 11.9. The van der Waals surface area contributed by atoms with Gasteiger partial charge in [-0.2, -0.15) is 0 Å². The summed E-state index contributed by atoms with van der Waals surface area (Å²) in [6, 6.07) is 3.13. The van der Waals surface area contributed by atoms with Crippen molar-refractivity contribution >= 4 is 0 Å². The van der Waals surface area contributed by atoms with Gasteiger partial charge in [0.25, 0.3) is 0 Å². The molecule has 19 heavy (non-hydrogen) atoms. The number of hydrogen-bond acceptors (Lipinski definition) is 2. The Morgan fingerprint density at radius 1 is 1.21 bits per heavy atom. The average Bonchev–Trinajstić information content (AvgIpc) is 2.40. The molecule has 1 rings (SSSR count). The first-order valence-corrected chi connectivity index (χ1v) is 6.87. The van der Waals surface area contributed by atoms with Crippen molar-refractivity contribution in [1.29, 1.82) is 0 Å². The van der Waals surface area contributed by atoms with Crippen molar-refractivity contribution in [1.82, 2.24) is 5.32 Å². The Hall–Kier alpha value is -1.00. The highest BCUT2D eigenvalue weighted by Gasteiger charge is 2.18. The summed E-state index contributed by atoms with van der Waals surface area (Å²) in [5, 5.41) is 3.20. The van der Waals surface area contributed by atoms with Crippen molar-refractivity contribution in [3.63, 3.8) is 0 Å². The molecule has 1 atom stereocenters. The minimum absolute atomic E-state index is 0.166. The molecule has 0 aromatic heterocycles. The summed E-state index contributed by atoms with van der Waals surface area (Å²) in [6.45, 7) is 7.51. The van der Waals surface area contributed by atoms with Gasteiger partial charge in [0.05, 0.1) is 0 Å². The summed E-state index contributed by atoms with van der Waals surface area (Å²) in [4.78, 5) is 0. The quantitative estimate of drug-likeness (QED) is 0.727. The second kappa shape index (κ2) is 8.23. The van der Waals surface area contributed by atoms with Gasteiger partial charge in [-0.25, -0.2) is 8.78 Å². The Morgan fingerprint density at radius 3 is 2.58 bits per heavy atom. The van der Waals surface area contributed by atoms with Gasteiger partial charge < -0.3 is 10.1 Å². The van der Waals surface area contributed by atoms with Crippen LogP contribution in [0.2, 0.25) is 0 Å². The van der Waals surface area contributed by atoms with Gasteiger partial charge in [-0.3, -0.25) is 0 Å². The number of hydrogen-bond donors (Lipinski definition) is 1. The van der Waals surface area contributed by atoms with Crippen LogP contribution in [-0.4, -0.2) is 19.8 Å². The molecule has 0 heterocycles. The molecule has 0 aliphatic heterocycles. The molecule has 1 aromatic carbocycles. The highest BCUT2D eigenvalue weighted by molar-refractivity contribution is 5.27. The second-order valence-corrected chi connectivity index (χ2v) is 4.55. The Labute approximate surface area is 114 Å².